The molecule has 0 aliphatic rings. The fourth-order valence-corrected chi connectivity index (χ4v) is 3.26. The maximum atomic E-state index is 13.0. The molecule has 0 spiro atoms. The molecular weight excluding hydrogens is 314 g/mol. The molecule has 0 radical (unpaired) electrons. The lowest BCUT2D eigenvalue weighted by Gasteiger charge is -2.09. The van der Waals surface area contributed by atoms with Crippen molar-refractivity contribution >= 4 is 10.9 Å². The molecule has 0 aliphatic carbocycles. The maximum Gasteiger partial charge on any atom is 0.280 e. The lowest BCUT2D eigenvalue weighted by Crippen LogP contribution is -2.21. The number of aromatic nitrogens is 3. The van der Waals surface area contributed by atoms with Crippen molar-refractivity contribution in [2.24, 2.45) is 0 Å². The van der Waals surface area contributed by atoms with Crippen molar-refractivity contribution in [2.75, 3.05) is 0 Å². The van der Waals surface area contributed by atoms with E-state index in [1.165, 1.54) is 10.7 Å². The molecule has 5 heteroatoms. The summed E-state index contributed by atoms with van der Waals surface area (Å²) in [6.07, 6.45) is 0. The molecule has 0 amide bonds. The summed E-state index contributed by atoms with van der Waals surface area (Å²) in [6, 6.07) is 18.5. The fourth-order valence-electron chi connectivity index (χ4n) is 3.26. The number of nitrogens with one attached hydrogen (secondary N) is 1. The van der Waals surface area contributed by atoms with Gasteiger partial charge in [0.25, 0.3) is 11.1 Å². The average Bonchev–Trinajstić information content (AvgIpc) is 2.93. The second-order valence-corrected chi connectivity index (χ2v) is 6.07. The molecule has 0 unspecified atom stereocenters. The van der Waals surface area contributed by atoms with Crippen molar-refractivity contribution in [1.82, 2.24) is 14.3 Å². The van der Waals surface area contributed by atoms with Crippen LogP contribution in [0, 0.1) is 13.8 Å². The van der Waals surface area contributed by atoms with Gasteiger partial charge in [0.2, 0.25) is 0 Å². The quantitative estimate of drug-likeness (QED) is 0.613. The Balaban J connectivity index is 2.06. The van der Waals surface area contributed by atoms with Crippen LogP contribution < -0.4 is 11.1 Å². The van der Waals surface area contributed by atoms with E-state index < -0.39 is 0 Å². The van der Waals surface area contributed by atoms with Crippen molar-refractivity contribution in [3.63, 3.8) is 0 Å². The zero-order chi connectivity index (χ0) is 17.6. The first-order valence-corrected chi connectivity index (χ1v) is 8.07. The molecule has 0 saturated heterocycles. The van der Waals surface area contributed by atoms with Gasteiger partial charge in [-0.2, -0.15) is 0 Å². The topological polar surface area (TPSA) is 59.8 Å². The molecule has 2 aromatic heterocycles. The van der Waals surface area contributed by atoms with E-state index in [9.17, 15) is 9.59 Å². The lowest BCUT2D eigenvalue weighted by molar-refractivity contribution is 0.856. The molecule has 2 aromatic carbocycles. The number of para-hydroxylation sites is 2. The van der Waals surface area contributed by atoms with Crippen molar-refractivity contribution < 1.29 is 0 Å². The lowest BCUT2D eigenvalue weighted by atomic mass is 10.2. The van der Waals surface area contributed by atoms with E-state index in [1.807, 2.05) is 61.5 Å². The van der Waals surface area contributed by atoms with Gasteiger partial charge in [0.05, 0.1) is 16.6 Å². The molecule has 0 fully saturated rings. The van der Waals surface area contributed by atoms with Gasteiger partial charge in [0.15, 0.2) is 0 Å². The number of hydrogen-bond acceptors (Lipinski definition) is 2. The first-order chi connectivity index (χ1) is 12.1. The number of H-pyrrole nitrogens is 1. The number of rotatable bonds is 2. The van der Waals surface area contributed by atoms with E-state index in [0.717, 1.165) is 16.9 Å². The number of hydrogen-bond donors (Lipinski definition) is 1. The summed E-state index contributed by atoms with van der Waals surface area (Å²) in [6.45, 7) is 3.75. The Hall–Kier alpha value is -3.34. The smallest absolute Gasteiger partial charge is 0.280 e. The van der Waals surface area contributed by atoms with E-state index >= 15 is 0 Å². The van der Waals surface area contributed by atoms with Gasteiger partial charge >= 0.3 is 0 Å². The van der Waals surface area contributed by atoms with E-state index in [4.69, 9.17) is 0 Å². The molecule has 4 aromatic rings. The van der Waals surface area contributed by atoms with E-state index in [1.54, 1.807) is 11.5 Å². The maximum absolute atomic E-state index is 13.0. The number of pyridine rings is 1. The molecule has 124 valence electrons. The van der Waals surface area contributed by atoms with Crippen LogP contribution in [0.15, 0.2) is 70.3 Å². The molecule has 0 atom stereocenters. The van der Waals surface area contributed by atoms with Crippen LogP contribution in [-0.2, 0) is 0 Å². The van der Waals surface area contributed by atoms with Crippen molar-refractivity contribution in [3.8, 4) is 11.4 Å². The van der Waals surface area contributed by atoms with Crippen LogP contribution in [0.25, 0.3) is 22.3 Å². The van der Waals surface area contributed by atoms with Gasteiger partial charge in [-0.05, 0) is 37.6 Å². The van der Waals surface area contributed by atoms with Crippen LogP contribution in [-0.4, -0.2) is 14.3 Å². The highest BCUT2D eigenvalue weighted by atomic mass is 16.1. The number of benzene rings is 2. The monoisotopic (exact) mass is 331 g/mol. The summed E-state index contributed by atoms with van der Waals surface area (Å²) < 4.78 is 3.07. The van der Waals surface area contributed by atoms with Crippen molar-refractivity contribution in [3.05, 3.63) is 92.6 Å². The Labute approximate surface area is 143 Å². The van der Waals surface area contributed by atoms with Gasteiger partial charge in [-0.3, -0.25) is 19.3 Å². The number of aryl methyl sites for hydroxylation is 2. The first-order valence-electron chi connectivity index (χ1n) is 8.07. The molecule has 0 bridgehead atoms. The van der Waals surface area contributed by atoms with Gasteiger partial charge in [-0.15, -0.1) is 0 Å². The zero-order valence-corrected chi connectivity index (χ0v) is 14.0. The largest absolute Gasteiger partial charge is 0.290 e. The summed E-state index contributed by atoms with van der Waals surface area (Å²) >= 11 is 0. The predicted molar refractivity (Wildman–Crippen MR) is 99.0 cm³/mol. The third-order valence-electron chi connectivity index (χ3n) is 4.47. The summed E-state index contributed by atoms with van der Waals surface area (Å²) in [5.41, 5.74) is 3.34. The Bertz CT molecular complexity index is 1200. The molecule has 0 saturated carbocycles. The van der Waals surface area contributed by atoms with Gasteiger partial charge < -0.3 is 0 Å². The van der Waals surface area contributed by atoms with Gasteiger partial charge in [0.1, 0.15) is 0 Å². The minimum Gasteiger partial charge on any atom is -0.290 e. The van der Waals surface area contributed by atoms with Crippen molar-refractivity contribution in [2.45, 2.75) is 13.8 Å². The van der Waals surface area contributed by atoms with Gasteiger partial charge in [-0.25, -0.2) is 4.68 Å². The summed E-state index contributed by atoms with van der Waals surface area (Å²) in [7, 11) is 0. The Morgan fingerprint density at radius 1 is 0.880 bits per heavy atom. The number of nitrogens with zero attached hydrogens (tertiary/aromatic N) is 2. The highest BCUT2D eigenvalue weighted by Gasteiger charge is 2.16. The molecular formula is C20H17N3O2. The van der Waals surface area contributed by atoms with Crippen LogP contribution in [0.1, 0.15) is 11.3 Å². The van der Waals surface area contributed by atoms with Crippen molar-refractivity contribution in [1.29, 1.82) is 0 Å². The van der Waals surface area contributed by atoms with Crippen LogP contribution in [0.4, 0.5) is 0 Å². The summed E-state index contributed by atoms with van der Waals surface area (Å²) in [4.78, 5) is 25.6. The predicted octanol–water partition coefficient (Wildman–Crippen LogP) is 3.09. The summed E-state index contributed by atoms with van der Waals surface area (Å²) in [5, 5.41) is 3.59. The first kappa shape index (κ1) is 15.2. The standard InChI is InChI=1S/C20H17N3O2/c1-13-8-6-7-11-17(13)23-20(25)19-14(2)22(15-9-4-3-5-10-15)18(24)12-16(19)21-23/h3-12,21H,1-2H3. The third-order valence-corrected chi connectivity index (χ3v) is 4.47. The average molecular weight is 331 g/mol. The Kier molecular flexibility index (Phi) is 3.42. The van der Waals surface area contributed by atoms with E-state index in [2.05, 4.69) is 5.10 Å². The van der Waals surface area contributed by atoms with Crippen LogP contribution in [0.2, 0.25) is 0 Å². The van der Waals surface area contributed by atoms with Crippen LogP contribution in [0.5, 0.6) is 0 Å². The highest BCUT2D eigenvalue weighted by molar-refractivity contribution is 5.81. The number of aromatic amines is 1. The normalized spacial score (nSPS) is 11.1. The molecule has 4 rings (SSSR count). The summed E-state index contributed by atoms with van der Waals surface area (Å²) in [5.74, 6) is 0. The van der Waals surface area contributed by atoms with E-state index in [-0.39, 0.29) is 11.1 Å². The third kappa shape index (κ3) is 2.32. The van der Waals surface area contributed by atoms with E-state index in [0.29, 0.717) is 16.6 Å². The molecule has 2 heterocycles. The second kappa shape index (κ2) is 5.63. The Morgan fingerprint density at radius 3 is 2.28 bits per heavy atom. The zero-order valence-electron chi connectivity index (χ0n) is 14.0. The van der Waals surface area contributed by atoms with Crippen LogP contribution in [0.3, 0.4) is 0 Å². The molecule has 0 aliphatic heterocycles. The van der Waals surface area contributed by atoms with Crippen LogP contribution >= 0.6 is 0 Å². The van der Waals surface area contributed by atoms with Gasteiger partial charge in [0, 0.05) is 17.4 Å². The highest BCUT2D eigenvalue weighted by Crippen LogP contribution is 2.17. The SMILES string of the molecule is Cc1ccccc1-n1[nH]c2cc(=O)n(-c3ccccc3)c(C)c2c1=O. The minimum absolute atomic E-state index is 0.161. The molecule has 1 N–H and O–H groups in total. The fraction of sp³-hybridized carbons (Fsp3) is 0.100. The Morgan fingerprint density at radius 2 is 1.56 bits per heavy atom. The number of fused-ring (bicyclic) bond motifs is 1. The second-order valence-electron chi connectivity index (χ2n) is 6.07. The molecule has 25 heavy (non-hydrogen) atoms. The minimum atomic E-state index is -0.172. The van der Waals surface area contributed by atoms with Gasteiger partial charge in [-0.1, -0.05) is 36.4 Å². The molecule has 5 nitrogen and oxygen atoms in total.